The van der Waals surface area contributed by atoms with Crippen LogP contribution in [0.15, 0.2) is 36.4 Å². The molecule has 5 nitrogen and oxygen atoms in total. The van der Waals surface area contributed by atoms with E-state index in [1.807, 2.05) is 0 Å². The van der Waals surface area contributed by atoms with E-state index in [9.17, 15) is 15.2 Å². The Morgan fingerprint density at radius 3 is 2.65 bits per heavy atom. The molecule has 0 unspecified atom stereocenters. The second-order valence-electron chi connectivity index (χ2n) is 4.15. The maximum absolute atomic E-state index is 10.9. The largest absolute Gasteiger partial charge is 0.455 e. The number of hydrogen-bond acceptors (Lipinski definition) is 4. The van der Waals surface area contributed by atoms with E-state index in [0.717, 1.165) is 0 Å². The van der Waals surface area contributed by atoms with E-state index in [0.29, 0.717) is 27.6 Å². The van der Waals surface area contributed by atoms with Crippen LogP contribution in [-0.2, 0) is 6.61 Å². The van der Waals surface area contributed by atoms with Crippen molar-refractivity contribution >= 4 is 17.3 Å². The van der Waals surface area contributed by atoms with Crippen molar-refractivity contribution in [3.8, 4) is 11.5 Å². The van der Waals surface area contributed by atoms with Crippen molar-refractivity contribution < 1.29 is 14.8 Å². The molecule has 0 fully saturated rings. The first-order valence-electron chi connectivity index (χ1n) is 5.84. The lowest BCUT2D eigenvalue weighted by Crippen LogP contribution is -1.97. The van der Waals surface area contributed by atoms with Crippen molar-refractivity contribution in [1.29, 1.82) is 0 Å². The first kappa shape index (κ1) is 14.3. The fourth-order valence-electron chi connectivity index (χ4n) is 1.81. The van der Waals surface area contributed by atoms with Crippen molar-refractivity contribution in [1.82, 2.24) is 0 Å². The smallest absolute Gasteiger partial charge is 0.276 e. The minimum Gasteiger partial charge on any atom is -0.455 e. The topological polar surface area (TPSA) is 72.6 Å². The molecule has 6 heteroatoms. The molecule has 20 heavy (non-hydrogen) atoms. The number of para-hydroxylation sites is 1. The molecule has 0 saturated carbocycles. The molecular formula is C14H12ClNO4. The Morgan fingerprint density at radius 2 is 2.00 bits per heavy atom. The zero-order valence-electron chi connectivity index (χ0n) is 10.7. The zero-order chi connectivity index (χ0) is 14.7. The van der Waals surface area contributed by atoms with Crippen LogP contribution in [0.4, 0.5) is 5.69 Å². The molecule has 0 heterocycles. The van der Waals surface area contributed by atoms with Gasteiger partial charge in [-0.15, -0.1) is 0 Å². The summed E-state index contributed by atoms with van der Waals surface area (Å²) >= 11 is 6.04. The Balaban J connectivity index is 2.46. The monoisotopic (exact) mass is 293 g/mol. The minimum absolute atomic E-state index is 0.0277. The SMILES string of the molecule is Cc1c(Oc2c(Cl)cccc2CO)cccc1[N+](=O)[O-]. The van der Waals surface area contributed by atoms with Crippen molar-refractivity contribution in [2.45, 2.75) is 13.5 Å². The van der Waals surface area contributed by atoms with Gasteiger partial charge < -0.3 is 9.84 Å². The summed E-state index contributed by atoms with van der Waals surface area (Å²) in [7, 11) is 0. The van der Waals surface area contributed by atoms with Gasteiger partial charge in [-0.2, -0.15) is 0 Å². The Hall–Kier alpha value is -2.11. The molecule has 1 N–H and O–H groups in total. The Kier molecular flexibility index (Phi) is 4.22. The first-order chi connectivity index (χ1) is 9.54. The highest BCUT2D eigenvalue weighted by Crippen LogP contribution is 2.36. The molecule has 0 bridgehead atoms. The number of hydrogen-bond donors (Lipinski definition) is 1. The van der Waals surface area contributed by atoms with E-state index < -0.39 is 4.92 Å². The highest BCUT2D eigenvalue weighted by atomic mass is 35.5. The van der Waals surface area contributed by atoms with Crippen molar-refractivity contribution in [3.05, 3.63) is 62.7 Å². The lowest BCUT2D eigenvalue weighted by molar-refractivity contribution is -0.385. The van der Waals surface area contributed by atoms with Gasteiger partial charge in [0.1, 0.15) is 5.75 Å². The summed E-state index contributed by atoms with van der Waals surface area (Å²) < 4.78 is 5.66. The van der Waals surface area contributed by atoms with E-state index in [4.69, 9.17) is 16.3 Å². The molecule has 0 spiro atoms. The second kappa shape index (κ2) is 5.90. The van der Waals surface area contributed by atoms with Gasteiger partial charge in [0.2, 0.25) is 0 Å². The van der Waals surface area contributed by atoms with Crippen LogP contribution in [0, 0.1) is 17.0 Å². The van der Waals surface area contributed by atoms with E-state index >= 15 is 0 Å². The first-order valence-corrected chi connectivity index (χ1v) is 6.22. The highest BCUT2D eigenvalue weighted by molar-refractivity contribution is 6.32. The minimum atomic E-state index is -0.470. The van der Waals surface area contributed by atoms with Gasteiger partial charge in [-0.25, -0.2) is 0 Å². The normalized spacial score (nSPS) is 10.3. The van der Waals surface area contributed by atoms with Crippen LogP contribution in [0.1, 0.15) is 11.1 Å². The van der Waals surface area contributed by atoms with Gasteiger partial charge in [0.15, 0.2) is 5.75 Å². The van der Waals surface area contributed by atoms with Crippen LogP contribution < -0.4 is 4.74 Å². The third kappa shape index (κ3) is 2.74. The molecule has 0 aliphatic heterocycles. The third-order valence-electron chi connectivity index (χ3n) is 2.88. The van der Waals surface area contributed by atoms with Gasteiger partial charge in [-0.05, 0) is 19.1 Å². The van der Waals surface area contributed by atoms with Crippen LogP contribution in [0.5, 0.6) is 11.5 Å². The number of aliphatic hydroxyl groups excluding tert-OH is 1. The molecule has 0 amide bonds. The molecular weight excluding hydrogens is 282 g/mol. The third-order valence-corrected chi connectivity index (χ3v) is 3.18. The molecule has 0 atom stereocenters. The fourth-order valence-corrected chi connectivity index (χ4v) is 2.05. The van der Waals surface area contributed by atoms with E-state index in [-0.39, 0.29) is 12.3 Å². The van der Waals surface area contributed by atoms with Crippen LogP contribution in [0.25, 0.3) is 0 Å². The van der Waals surface area contributed by atoms with Gasteiger partial charge in [-0.1, -0.05) is 29.8 Å². The van der Waals surface area contributed by atoms with Crippen molar-refractivity contribution in [2.75, 3.05) is 0 Å². The summed E-state index contributed by atoms with van der Waals surface area (Å²) in [6, 6.07) is 9.56. The summed E-state index contributed by atoms with van der Waals surface area (Å²) in [5.41, 5.74) is 0.893. The fraction of sp³-hybridized carbons (Fsp3) is 0.143. The summed E-state index contributed by atoms with van der Waals surface area (Å²) in [6.07, 6.45) is 0. The average Bonchev–Trinajstić information content (AvgIpc) is 2.42. The lowest BCUT2D eigenvalue weighted by atomic mass is 10.1. The molecule has 0 saturated heterocycles. The van der Waals surface area contributed by atoms with Gasteiger partial charge >= 0.3 is 0 Å². The number of nitro benzene ring substituents is 1. The Morgan fingerprint density at radius 1 is 1.30 bits per heavy atom. The molecule has 0 aromatic heterocycles. The second-order valence-corrected chi connectivity index (χ2v) is 4.55. The number of ether oxygens (including phenoxy) is 1. The summed E-state index contributed by atoms with van der Waals surface area (Å²) in [5.74, 6) is 0.641. The summed E-state index contributed by atoms with van der Waals surface area (Å²) in [6.45, 7) is 1.37. The molecule has 0 radical (unpaired) electrons. The predicted molar refractivity (Wildman–Crippen MR) is 75.3 cm³/mol. The average molecular weight is 294 g/mol. The van der Waals surface area contributed by atoms with E-state index in [2.05, 4.69) is 0 Å². The van der Waals surface area contributed by atoms with Crippen molar-refractivity contribution in [3.63, 3.8) is 0 Å². The predicted octanol–water partition coefficient (Wildman–Crippen LogP) is 3.84. The van der Waals surface area contributed by atoms with E-state index in [1.165, 1.54) is 12.1 Å². The number of benzene rings is 2. The Bertz CT molecular complexity index is 658. The summed E-state index contributed by atoms with van der Waals surface area (Å²) in [5, 5.41) is 20.5. The number of halogens is 1. The molecule has 2 aromatic carbocycles. The van der Waals surface area contributed by atoms with Crippen LogP contribution >= 0.6 is 11.6 Å². The van der Waals surface area contributed by atoms with Crippen LogP contribution in [-0.4, -0.2) is 10.0 Å². The zero-order valence-corrected chi connectivity index (χ0v) is 11.4. The standard InChI is InChI=1S/C14H12ClNO4/c1-9-12(16(18)19)6-3-7-13(9)20-14-10(8-17)4-2-5-11(14)15/h2-7,17H,8H2,1H3. The molecule has 0 aliphatic rings. The van der Waals surface area contributed by atoms with Crippen LogP contribution in [0.3, 0.4) is 0 Å². The van der Waals surface area contributed by atoms with Gasteiger partial charge in [0.05, 0.1) is 22.1 Å². The van der Waals surface area contributed by atoms with E-state index in [1.54, 1.807) is 31.2 Å². The van der Waals surface area contributed by atoms with Crippen molar-refractivity contribution in [2.24, 2.45) is 0 Å². The Labute approximate surface area is 120 Å². The molecule has 0 aliphatic carbocycles. The maximum atomic E-state index is 10.9. The maximum Gasteiger partial charge on any atom is 0.276 e. The number of nitro groups is 1. The lowest BCUT2D eigenvalue weighted by Gasteiger charge is -2.13. The molecule has 104 valence electrons. The van der Waals surface area contributed by atoms with Gasteiger partial charge in [0, 0.05) is 11.6 Å². The summed E-state index contributed by atoms with van der Waals surface area (Å²) in [4.78, 5) is 10.4. The number of nitrogens with zero attached hydrogens (tertiary/aromatic N) is 1. The highest BCUT2D eigenvalue weighted by Gasteiger charge is 2.16. The molecule has 2 aromatic rings. The number of rotatable bonds is 4. The number of aliphatic hydroxyl groups is 1. The van der Waals surface area contributed by atoms with Gasteiger partial charge in [0.25, 0.3) is 5.69 Å². The van der Waals surface area contributed by atoms with Crippen LogP contribution in [0.2, 0.25) is 5.02 Å². The quantitative estimate of drug-likeness (QED) is 0.686. The van der Waals surface area contributed by atoms with Gasteiger partial charge in [-0.3, -0.25) is 10.1 Å². The molecule has 2 rings (SSSR count).